The fourth-order valence-corrected chi connectivity index (χ4v) is 2.61. The molecule has 1 aromatic carbocycles. The molecule has 2 unspecified atom stereocenters. The number of piperidine rings is 1. The van der Waals surface area contributed by atoms with Crippen LogP contribution in [-0.2, 0) is 4.79 Å². The van der Waals surface area contributed by atoms with E-state index >= 15 is 0 Å². The highest BCUT2D eigenvalue weighted by molar-refractivity contribution is 5.95. The molecule has 5 heteroatoms. The number of para-hydroxylation sites is 2. The van der Waals surface area contributed by atoms with E-state index in [4.69, 9.17) is 0 Å². The van der Waals surface area contributed by atoms with Gasteiger partial charge in [0.25, 0.3) is 0 Å². The molecule has 2 aromatic rings. The molecule has 19 heavy (non-hydrogen) atoms. The Balaban J connectivity index is 1.75. The van der Waals surface area contributed by atoms with Crippen LogP contribution < -0.4 is 10.6 Å². The standard InChI is InChI=1S/C14H18N4O/c1-9-5-4-8-15-12(9)13(19)18-14-16-10-6-2-3-7-11(10)17-14/h2-3,6-7,9,12,15H,4-5,8H2,1H3,(H2,16,17,18,19). The molecular weight excluding hydrogens is 240 g/mol. The Morgan fingerprint density at radius 3 is 3.05 bits per heavy atom. The lowest BCUT2D eigenvalue weighted by atomic mass is 9.92. The van der Waals surface area contributed by atoms with Gasteiger partial charge in [0.2, 0.25) is 11.9 Å². The second kappa shape index (κ2) is 5.01. The number of hydrogen-bond acceptors (Lipinski definition) is 3. The van der Waals surface area contributed by atoms with Gasteiger partial charge in [0.1, 0.15) is 0 Å². The Bertz CT molecular complexity index is 559. The number of rotatable bonds is 2. The highest BCUT2D eigenvalue weighted by atomic mass is 16.2. The van der Waals surface area contributed by atoms with E-state index in [2.05, 4.69) is 27.5 Å². The lowest BCUT2D eigenvalue weighted by Crippen LogP contribution is -2.48. The number of aromatic amines is 1. The fourth-order valence-electron chi connectivity index (χ4n) is 2.61. The molecule has 3 N–H and O–H groups in total. The number of nitrogens with zero attached hydrogens (tertiary/aromatic N) is 1. The molecule has 100 valence electrons. The van der Waals surface area contributed by atoms with Gasteiger partial charge in [-0.2, -0.15) is 0 Å². The molecule has 1 fully saturated rings. The summed E-state index contributed by atoms with van der Waals surface area (Å²) < 4.78 is 0. The monoisotopic (exact) mass is 258 g/mol. The van der Waals surface area contributed by atoms with Crippen LogP contribution in [0.25, 0.3) is 11.0 Å². The molecule has 1 aliphatic heterocycles. The minimum Gasteiger partial charge on any atom is -0.324 e. The summed E-state index contributed by atoms with van der Waals surface area (Å²) in [5.74, 6) is 0.871. The van der Waals surface area contributed by atoms with Crippen LogP contribution in [0.1, 0.15) is 19.8 Å². The van der Waals surface area contributed by atoms with Gasteiger partial charge >= 0.3 is 0 Å². The third-order valence-electron chi connectivity index (χ3n) is 3.68. The number of amides is 1. The normalized spacial score (nSPS) is 23.4. The topological polar surface area (TPSA) is 69.8 Å². The third kappa shape index (κ3) is 2.46. The molecule has 0 spiro atoms. The first-order valence-electron chi connectivity index (χ1n) is 6.73. The van der Waals surface area contributed by atoms with Gasteiger partial charge in [-0.1, -0.05) is 19.1 Å². The SMILES string of the molecule is CC1CCCNC1C(=O)Nc1nc2ccccc2[nH]1. The average molecular weight is 258 g/mol. The molecule has 2 atom stereocenters. The van der Waals surface area contributed by atoms with Gasteiger partial charge in [-0.05, 0) is 37.4 Å². The number of imidazole rings is 1. The Labute approximate surface area is 111 Å². The van der Waals surface area contributed by atoms with Crippen LogP contribution in [0.3, 0.4) is 0 Å². The van der Waals surface area contributed by atoms with Crippen LogP contribution in [0.4, 0.5) is 5.95 Å². The zero-order chi connectivity index (χ0) is 13.2. The van der Waals surface area contributed by atoms with Crippen LogP contribution in [0.2, 0.25) is 0 Å². The smallest absolute Gasteiger partial charge is 0.244 e. The molecule has 0 saturated carbocycles. The third-order valence-corrected chi connectivity index (χ3v) is 3.68. The molecule has 1 amide bonds. The van der Waals surface area contributed by atoms with Crippen molar-refractivity contribution >= 4 is 22.9 Å². The molecule has 1 saturated heterocycles. The maximum Gasteiger partial charge on any atom is 0.244 e. The van der Waals surface area contributed by atoms with Gasteiger partial charge in [0, 0.05) is 0 Å². The molecule has 1 aromatic heterocycles. The molecular formula is C14H18N4O. The minimum absolute atomic E-state index is 0.00810. The van der Waals surface area contributed by atoms with Gasteiger partial charge in [0.15, 0.2) is 0 Å². The van der Waals surface area contributed by atoms with E-state index in [1.54, 1.807) is 0 Å². The van der Waals surface area contributed by atoms with Crippen molar-refractivity contribution in [1.82, 2.24) is 15.3 Å². The minimum atomic E-state index is -0.123. The summed E-state index contributed by atoms with van der Waals surface area (Å²) in [5.41, 5.74) is 1.80. The van der Waals surface area contributed by atoms with Gasteiger partial charge in [0.05, 0.1) is 17.1 Å². The summed E-state index contributed by atoms with van der Waals surface area (Å²) in [7, 11) is 0. The second-order valence-electron chi connectivity index (χ2n) is 5.14. The van der Waals surface area contributed by atoms with E-state index in [9.17, 15) is 4.79 Å². The first-order valence-corrected chi connectivity index (χ1v) is 6.73. The number of anilines is 1. The second-order valence-corrected chi connectivity index (χ2v) is 5.14. The van der Waals surface area contributed by atoms with E-state index in [1.165, 1.54) is 0 Å². The summed E-state index contributed by atoms with van der Waals surface area (Å²) in [6.07, 6.45) is 2.22. The van der Waals surface area contributed by atoms with Gasteiger partial charge < -0.3 is 10.3 Å². The summed E-state index contributed by atoms with van der Waals surface area (Å²) in [4.78, 5) is 19.7. The highest BCUT2D eigenvalue weighted by Crippen LogP contribution is 2.18. The zero-order valence-electron chi connectivity index (χ0n) is 10.9. The summed E-state index contributed by atoms with van der Waals surface area (Å²) in [6, 6.07) is 7.61. The quantitative estimate of drug-likeness (QED) is 0.770. The lowest BCUT2D eigenvalue weighted by molar-refractivity contribution is -0.119. The predicted molar refractivity (Wildman–Crippen MR) is 74.9 cm³/mol. The van der Waals surface area contributed by atoms with E-state index in [1.807, 2.05) is 24.3 Å². The Hall–Kier alpha value is -1.88. The molecule has 0 bridgehead atoms. The Kier molecular flexibility index (Phi) is 3.21. The molecule has 1 aliphatic rings. The van der Waals surface area contributed by atoms with Crippen molar-refractivity contribution in [1.29, 1.82) is 0 Å². The Morgan fingerprint density at radius 2 is 2.26 bits per heavy atom. The van der Waals surface area contributed by atoms with Crippen molar-refractivity contribution in [3.63, 3.8) is 0 Å². The predicted octanol–water partition coefficient (Wildman–Crippen LogP) is 1.89. The first kappa shape index (κ1) is 12.2. The highest BCUT2D eigenvalue weighted by Gasteiger charge is 2.27. The molecule has 3 rings (SSSR count). The first-order chi connectivity index (χ1) is 9.24. The molecule has 2 heterocycles. The fraction of sp³-hybridized carbons (Fsp3) is 0.429. The summed E-state index contributed by atoms with van der Waals surface area (Å²) >= 11 is 0. The van der Waals surface area contributed by atoms with Crippen LogP contribution >= 0.6 is 0 Å². The van der Waals surface area contributed by atoms with Gasteiger partial charge in [-0.25, -0.2) is 4.98 Å². The molecule has 0 radical (unpaired) electrons. The van der Waals surface area contributed by atoms with Crippen LogP contribution in [0.5, 0.6) is 0 Å². The van der Waals surface area contributed by atoms with Gasteiger partial charge in [-0.3, -0.25) is 10.1 Å². The van der Waals surface area contributed by atoms with Crippen molar-refractivity contribution in [2.24, 2.45) is 5.92 Å². The van der Waals surface area contributed by atoms with Crippen LogP contribution in [-0.4, -0.2) is 28.5 Å². The van der Waals surface area contributed by atoms with Crippen LogP contribution in [0.15, 0.2) is 24.3 Å². The summed E-state index contributed by atoms with van der Waals surface area (Å²) in [5, 5.41) is 6.13. The van der Waals surface area contributed by atoms with Crippen molar-refractivity contribution in [2.75, 3.05) is 11.9 Å². The molecule has 5 nitrogen and oxygen atoms in total. The number of fused-ring (bicyclic) bond motifs is 1. The largest absolute Gasteiger partial charge is 0.324 e. The number of carbonyl (C=O) groups excluding carboxylic acids is 1. The number of aromatic nitrogens is 2. The van der Waals surface area contributed by atoms with Crippen molar-refractivity contribution in [3.05, 3.63) is 24.3 Å². The maximum absolute atomic E-state index is 12.2. The van der Waals surface area contributed by atoms with Crippen molar-refractivity contribution in [3.8, 4) is 0 Å². The number of benzene rings is 1. The van der Waals surface area contributed by atoms with E-state index in [0.717, 1.165) is 30.4 Å². The zero-order valence-corrected chi connectivity index (χ0v) is 10.9. The van der Waals surface area contributed by atoms with Gasteiger partial charge in [-0.15, -0.1) is 0 Å². The maximum atomic E-state index is 12.2. The molecule has 0 aliphatic carbocycles. The van der Waals surface area contributed by atoms with Crippen molar-refractivity contribution in [2.45, 2.75) is 25.8 Å². The van der Waals surface area contributed by atoms with E-state index in [-0.39, 0.29) is 11.9 Å². The summed E-state index contributed by atoms with van der Waals surface area (Å²) in [6.45, 7) is 3.01. The lowest BCUT2D eigenvalue weighted by Gasteiger charge is -2.28. The van der Waals surface area contributed by atoms with E-state index < -0.39 is 0 Å². The van der Waals surface area contributed by atoms with Crippen LogP contribution in [0, 0.1) is 5.92 Å². The number of nitrogens with one attached hydrogen (secondary N) is 3. The average Bonchev–Trinajstić information content (AvgIpc) is 2.81. The number of hydrogen-bond donors (Lipinski definition) is 3. The Morgan fingerprint density at radius 1 is 1.42 bits per heavy atom. The number of carbonyl (C=O) groups is 1. The number of H-pyrrole nitrogens is 1. The van der Waals surface area contributed by atoms with E-state index in [0.29, 0.717) is 11.9 Å². The van der Waals surface area contributed by atoms with Crippen molar-refractivity contribution < 1.29 is 4.79 Å².